The molecule has 1 amide bonds. The van der Waals surface area contributed by atoms with E-state index >= 15 is 0 Å². The summed E-state index contributed by atoms with van der Waals surface area (Å²) in [6, 6.07) is 4.75. The Hall–Kier alpha value is -1.85. The average molecular weight is 569 g/mol. The van der Waals surface area contributed by atoms with Gasteiger partial charge in [0, 0.05) is 23.1 Å². The lowest BCUT2D eigenvalue weighted by Gasteiger charge is -2.26. The number of halogens is 4. The van der Waals surface area contributed by atoms with Crippen molar-refractivity contribution >= 4 is 45.0 Å². The Labute approximate surface area is 207 Å². The van der Waals surface area contributed by atoms with Crippen LogP contribution in [0.15, 0.2) is 22.7 Å². The third-order valence-electron chi connectivity index (χ3n) is 5.51. The van der Waals surface area contributed by atoms with Crippen LogP contribution in [0.5, 0.6) is 5.75 Å². The zero-order valence-electron chi connectivity index (χ0n) is 18.2. The second-order valence-corrected chi connectivity index (χ2v) is 9.18. The second kappa shape index (κ2) is 13.1. The highest BCUT2D eigenvalue weighted by Crippen LogP contribution is 2.39. The van der Waals surface area contributed by atoms with Crippen LogP contribution in [0.25, 0.3) is 11.3 Å². The van der Waals surface area contributed by atoms with E-state index in [1.165, 1.54) is 23.6 Å². The van der Waals surface area contributed by atoms with E-state index in [-0.39, 0.29) is 22.4 Å². The largest absolute Gasteiger partial charge is 0.434 e. The zero-order valence-corrected chi connectivity index (χ0v) is 21.3. The third-order valence-corrected chi connectivity index (χ3v) is 6.36. The van der Waals surface area contributed by atoms with Crippen molar-refractivity contribution in [1.29, 1.82) is 0 Å². The lowest BCUT2D eigenvalue weighted by atomic mass is 9.83. The molecule has 2 aromatic rings. The molecule has 0 unspecified atom stereocenters. The normalized spacial score (nSPS) is 17.8. The van der Waals surface area contributed by atoms with E-state index in [4.69, 9.17) is 20.0 Å². The van der Waals surface area contributed by atoms with E-state index in [0.29, 0.717) is 34.7 Å². The summed E-state index contributed by atoms with van der Waals surface area (Å²) in [4.78, 5) is 12.8. The third kappa shape index (κ3) is 7.58. The Kier molecular flexibility index (Phi) is 10.9. The van der Waals surface area contributed by atoms with Crippen molar-refractivity contribution in [1.82, 2.24) is 15.1 Å². The van der Waals surface area contributed by atoms with E-state index in [9.17, 15) is 13.6 Å². The Morgan fingerprint density at radius 1 is 1.33 bits per heavy atom. The molecular weight excluding hydrogens is 544 g/mol. The van der Waals surface area contributed by atoms with Crippen LogP contribution in [0.3, 0.4) is 0 Å². The molecule has 0 atom stereocenters. The molecule has 1 aliphatic carbocycles. The minimum absolute atomic E-state index is 0.0424. The fourth-order valence-corrected chi connectivity index (χ4v) is 4.47. The summed E-state index contributed by atoms with van der Waals surface area (Å²) in [5.41, 5.74) is 0.806. The number of nitrogens with zero attached hydrogens (tertiary/aromatic N) is 2. The first-order valence-corrected chi connectivity index (χ1v) is 12.3. The van der Waals surface area contributed by atoms with Crippen LogP contribution in [0.1, 0.15) is 50.0 Å². The Bertz CT molecular complexity index is 994. The summed E-state index contributed by atoms with van der Waals surface area (Å²) in [7, 11) is 0. The van der Waals surface area contributed by atoms with E-state index in [1.807, 2.05) is 6.92 Å². The van der Waals surface area contributed by atoms with Gasteiger partial charge in [-0.05, 0) is 49.8 Å². The van der Waals surface area contributed by atoms with Crippen molar-refractivity contribution in [2.75, 3.05) is 6.54 Å². The number of hydrogen-bond acceptors (Lipinski definition) is 5. The van der Waals surface area contributed by atoms with Gasteiger partial charge in [-0.15, -0.1) is 0 Å². The Morgan fingerprint density at radius 2 is 1.97 bits per heavy atom. The molecule has 1 aliphatic rings. The lowest BCUT2D eigenvalue weighted by Crippen LogP contribution is -2.31. The maximum absolute atomic E-state index is 12.9. The SMILES string of the molecule is CCn1nc(C(=O)NCC2CCC(C)CC2)c(Cl)c1-c1ccc(Br)cc1OC(F)F.O=S=O. The highest BCUT2D eigenvalue weighted by atomic mass is 79.9. The summed E-state index contributed by atoms with van der Waals surface area (Å²) >= 11 is 9.04. The molecule has 1 aromatic carbocycles. The van der Waals surface area contributed by atoms with Gasteiger partial charge in [0.15, 0.2) is 5.69 Å². The van der Waals surface area contributed by atoms with Crippen LogP contribution >= 0.6 is 27.5 Å². The van der Waals surface area contributed by atoms with E-state index in [0.717, 1.165) is 18.8 Å². The van der Waals surface area contributed by atoms with Crippen LogP contribution in [-0.4, -0.2) is 37.3 Å². The summed E-state index contributed by atoms with van der Waals surface area (Å²) in [6.45, 7) is 2.09. The summed E-state index contributed by atoms with van der Waals surface area (Å²) in [5.74, 6) is 0.790. The van der Waals surface area contributed by atoms with Gasteiger partial charge < -0.3 is 10.1 Å². The zero-order chi connectivity index (χ0) is 24.5. The predicted molar refractivity (Wildman–Crippen MR) is 125 cm³/mol. The molecule has 1 saturated carbocycles. The van der Waals surface area contributed by atoms with Gasteiger partial charge in [0.25, 0.3) is 5.91 Å². The van der Waals surface area contributed by atoms with Crippen molar-refractivity contribution in [3.63, 3.8) is 0 Å². The van der Waals surface area contributed by atoms with E-state index in [2.05, 4.69) is 38.0 Å². The van der Waals surface area contributed by atoms with Gasteiger partial charge in [0.2, 0.25) is 0 Å². The smallest absolute Gasteiger partial charge is 0.387 e. The van der Waals surface area contributed by atoms with Crippen LogP contribution < -0.4 is 10.1 Å². The molecule has 1 fully saturated rings. The molecule has 0 radical (unpaired) electrons. The van der Waals surface area contributed by atoms with Crippen LogP contribution in [0.4, 0.5) is 8.78 Å². The number of hydrogen-bond donors (Lipinski definition) is 1. The highest BCUT2D eigenvalue weighted by molar-refractivity contribution is 9.10. The molecule has 182 valence electrons. The Balaban J connectivity index is 0.00000122. The van der Waals surface area contributed by atoms with Crippen LogP contribution in [0, 0.1) is 11.8 Å². The molecule has 7 nitrogen and oxygen atoms in total. The van der Waals surface area contributed by atoms with Gasteiger partial charge in [-0.2, -0.15) is 22.3 Å². The number of aromatic nitrogens is 2. The van der Waals surface area contributed by atoms with Crippen molar-refractivity contribution in [3.8, 4) is 17.0 Å². The minimum atomic E-state index is -2.99. The molecule has 0 spiro atoms. The number of nitrogens with one attached hydrogen (secondary N) is 1. The quantitative estimate of drug-likeness (QED) is 0.478. The van der Waals surface area contributed by atoms with E-state index < -0.39 is 18.2 Å². The fourth-order valence-electron chi connectivity index (χ4n) is 3.81. The number of amides is 1. The van der Waals surface area contributed by atoms with Gasteiger partial charge in [-0.1, -0.05) is 47.3 Å². The number of rotatable bonds is 7. The maximum Gasteiger partial charge on any atom is 0.387 e. The first-order valence-electron chi connectivity index (χ1n) is 10.4. The fraction of sp³-hybridized carbons (Fsp3) is 0.524. The van der Waals surface area contributed by atoms with Gasteiger partial charge in [-0.25, -0.2) is 0 Å². The van der Waals surface area contributed by atoms with Crippen LogP contribution in [0.2, 0.25) is 5.02 Å². The summed E-state index contributed by atoms with van der Waals surface area (Å²) in [5, 5.41) is 7.40. The molecule has 1 aromatic heterocycles. The van der Waals surface area contributed by atoms with Crippen molar-refractivity contribution in [2.45, 2.75) is 52.7 Å². The maximum atomic E-state index is 12.9. The van der Waals surface area contributed by atoms with Gasteiger partial charge in [-0.3, -0.25) is 9.48 Å². The summed E-state index contributed by atoms with van der Waals surface area (Å²) in [6.07, 6.45) is 4.53. The monoisotopic (exact) mass is 567 g/mol. The minimum Gasteiger partial charge on any atom is -0.434 e. The van der Waals surface area contributed by atoms with Crippen molar-refractivity contribution in [2.24, 2.45) is 11.8 Å². The predicted octanol–water partition coefficient (Wildman–Crippen LogP) is 5.47. The molecule has 1 N–H and O–H groups in total. The number of carbonyl (C=O) groups excluding carboxylic acids is 1. The number of aryl methyl sites for hydroxylation is 1. The van der Waals surface area contributed by atoms with Crippen molar-refractivity contribution in [3.05, 3.63) is 33.4 Å². The van der Waals surface area contributed by atoms with Gasteiger partial charge in [0.1, 0.15) is 5.75 Å². The molecule has 1 heterocycles. The number of ether oxygens (including phenoxy) is 1. The summed E-state index contributed by atoms with van der Waals surface area (Å²) < 4.78 is 49.2. The molecule has 0 bridgehead atoms. The highest BCUT2D eigenvalue weighted by Gasteiger charge is 2.26. The molecule has 12 heteroatoms. The van der Waals surface area contributed by atoms with Crippen LogP contribution in [-0.2, 0) is 18.1 Å². The molecular formula is C21H25BrClF2N3O4S. The first-order chi connectivity index (χ1) is 15.7. The standard InChI is InChI=1S/C21H25BrClF2N3O2.O2S/c1-3-28-19(15-9-8-14(22)10-16(15)30-21(24)25)17(23)18(27-28)20(29)26-11-13-6-4-12(2)5-7-13;1-3-2/h8-10,12-13,21H,3-7,11H2,1-2H3,(H,26,29);. The topological polar surface area (TPSA) is 90.3 Å². The lowest BCUT2D eigenvalue weighted by molar-refractivity contribution is -0.0495. The Morgan fingerprint density at radius 3 is 2.55 bits per heavy atom. The number of benzene rings is 1. The molecule has 3 rings (SSSR count). The van der Waals surface area contributed by atoms with Gasteiger partial charge >= 0.3 is 18.2 Å². The average Bonchev–Trinajstić information content (AvgIpc) is 3.10. The number of carbonyl (C=O) groups is 1. The molecule has 33 heavy (non-hydrogen) atoms. The van der Waals surface area contributed by atoms with Crippen molar-refractivity contribution < 1.29 is 26.7 Å². The first kappa shape index (κ1) is 27.4. The molecule has 0 aliphatic heterocycles. The van der Waals surface area contributed by atoms with Gasteiger partial charge in [0.05, 0.1) is 10.7 Å². The van der Waals surface area contributed by atoms with E-state index in [1.54, 1.807) is 12.1 Å². The second-order valence-electron chi connectivity index (χ2n) is 7.75. The molecule has 0 saturated heterocycles. The number of alkyl halides is 2.